The molecule has 2 amide bonds. The van der Waals surface area contributed by atoms with E-state index in [-0.39, 0.29) is 5.69 Å². The second kappa shape index (κ2) is 10.4. The van der Waals surface area contributed by atoms with Gasteiger partial charge in [0.25, 0.3) is 17.4 Å². The lowest BCUT2D eigenvalue weighted by Crippen LogP contribution is -2.40. The van der Waals surface area contributed by atoms with Crippen molar-refractivity contribution < 1.29 is 9.59 Å². The van der Waals surface area contributed by atoms with Crippen molar-refractivity contribution in [1.29, 1.82) is 0 Å². The summed E-state index contributed by atoms with van der Waals surface area (Å²) in [6.07, 6.45) is 1.51. The summed E-state index contributed by atoms with van der Waals surface area (Å²) in [7, 11) is 3.89. The van der Waals surface area contributed by atoms with Crippen molar-refractivity contribution in [3.05, 3.63) is 106 Å². The van der Waals surface area contributed by atoms with Crippen LogP contribution in [0.4, 0.5) is 5.69 Å². The first-order valence-corrected chi connectivity index (χ1v) is 10.9. The van der Waals surface area contributed by atoms with E-state index in [4.69, 9.17) is 0 Å². The summed E-state index contributed by atoms with van der Waals surface area (Å²) >= 11 is 0. The van der Waals surface area contributed by atoms with Gasteiger partial charge in [-0.25, -0.2) is 10.5 Å². The Morgan fingerprint density at radius 3 is 2.29 bits per heavy atom. The normalized spacial score (nSPS) is 11.8. The highest BCUT2D eigenvalue weighted by Gasteiger charge is 2.27. The minimum absolute atomic E-state index is 0.201. The largest absolute Gasteiger partial charge is 0.378 e. The van der Waals surface area contributed by atoms with Crippen molar-refractivity contribution in [3.63, 3.8) is 0 Å². The molecular formula is C26H24N6O3. The summed E-state index contributed by atoms with van der Waals surface area (Å²) in [5.41, 5.74) is 4.48. The SMILES string of the molecule is CN(C)c1ccc(/C=N/NC(=O)C(NC(=O)c2ccccc2)c2n[nH]c(=O)c3ccccc23)cc1. The van der Waals surface area contributed by atoms with Gasteiger partial charge in [-0.05, 0) is 35.9 Å². The van der Waals surface area contributed by atoms with E-state index in [0.29, 0.717) is 16.3 Å². The van der Waals surface area contributed by atoms with E-state index in [2.05, 4.69) is 26.0 Å². The van der Waals surface area contributed by atoms with Crippen LogP contribution in [-0.4, -0.2) is 42.3 Å². The number of hydrazone groups is 1. The third-order valence-electron chi connectivity index (χ3n) is 5.37. The van der Waals surface area contributed by atoms with Gasteiger partial charge in [0.15, 0.2) is 6.04 Å². The minimum Gasteiger partial charge on any atom is -0.378 e. The molecular weight excluding hydrogens is 444 g/mol. The molecule has 0 spiro atoms. The van der Waals surface area contributed by atoms with E-state index < -0.39 is 23.4 Å². The van der Waals surface area contributed by atoms with Crippen LogP contribution in [0.25, 0.3) is 10.8 Å². The number of aromatic nitrogens is 2. The fourth-order valence-corrected chi connectivity index (χ4v) is 3.51. The Bertz CT molecular complexity index is 1430. The Balaban J connectivity index is 1.62. The maximum absolute atomic E-state index is 13.2. The lowest BCUT2D eigenvalue weighted by Gasteiger charge is -2.18. The quantitative estimate of drug-likeness (QED) is 0.285. The zero-order chi connectivity index (χ0) is 24.8. The van der Waals surface area contributed by atoms with Crippen molar-refractivity contribution in [2.45, 2.75) is 6.04 Å². The van der Waals surface area contributed by atoms with Crippen LogP contribution in [-0.2, 0) is 4.79 Å². The standard InChI is InChI=1S/C26H24N6O3/c1-32(2)19-14-12-17(13-15-19)16-27-30-26(35)23(28-24(33)18-8-4-3-5-9-18)22-20-10-6-7-11-21(20)25(34)31-29-22/h3-16,23H,1-2H3,(H,28,33)(H,30,35)(H,31,34)/b27-16+. The van der Waals surface area contributed by atoms with Gasteiger partial charge in [-0.15, -0.1) is 0 Å². The Morgan fingerprint density at radius 1 is 0.943 bits per heavy atom. The molecule has 4 rings (SSSR count). The van der Waals surface area contributed by atoms with Crippen LogP contribution < -0.4 is 21.2 Å². The van der Waals surface area contributed by atoms with Crippen molar-refractivity contribution in [3.8, 4) is 0 Å². The number of hydrogen-bond acceptors (Lipinski definition) is 6. The van der Waals surface area contributed by atoms with Gasteiger partial charge in [0.05, 0.1) is 11.6 Å². The molecule has 0 aliphatic heterocycles. The molecule has 0 saturated heterocycles. The number of aromatic amines is 1. The molecule has 3 N–H and O–H groups in total. The second-order valence-electron chi connectivity index (χ2n) is 7.98. The van der Waals surface area contributed by atoms with Crippen molar-refractivity contribution in [2.24, 2.45) is 5.10 Å². The number of hydrogen-bond donors (Lipinski definition) is 3. The van der Waals surface area contributed by atoms with E-state index >= 15 is 0 Å². The minimum atomic E-state index is -1.21. The van der Waals surface area contributed by atoms with Crippen molar-refractivity contribution in [2.75, 3.05) is 19.0 Å². The summed E-state index contributed by atoms with van der Waals surface area (Å²) < 4.78 is 0. The molecule has 3 aromatic carbocycles. The average molecular weight is 469 g/mol. The fourth-order valence-electron chi connectivity index (χ4n) is 3.51. The summed E-state index contributed by atoms with van der Waals surface area (Å²) in [4.78, 5) is 40.3. The van der Waals surface area contributed by atoms with Crippen LogP contribution >= 0.6 is 0 Å². The number of rotatable bonds is 7. The van der Waals surface area contributed by atoms with Crippen LogP contribution in [0.2, 0.25) is 0 Å². The molecule has 0 saturated carbocycles. The van der Waals surface area contributed by atoms with Gasteiger partial charge < -0.3 is 10.2 Å². The number of amides is 2. The molecule has 0 aliphatic rings. The summed E-state index contributed by atoms with van der Waals surface area (Å²) in [6, 6.07) is 21.7. The van der Waals surface area contributed by atoms with E-state index in [1.165, 1.54) is 6.21 Å². The van der Waals surface area contributed by atoms with Crippen molar-refractivity contribution >= 4 is 34.5 Å². The number of benzene rings is 3. The van der Waals surface area contributed by atoms with Gasteiger partial charge in [0, 0.05) is 30.7 Å². The van der Waals surface area contributed by atoms with E-state index in [1.807, 2.05) is 43.3 Å². The average Bonchev–Trinajstić information content (AvgIpc) is 2.88. The molecule has 9 nitrogen and oxygen atoms in total. The highest BCUT2D eigenvalue weighted by atomic mass is 16.2. The van der Waals surface area contributed by atoms with Crippen LogP contribution in [0.1, 0.15) is 27.7 Å². The van der Waals surface area contributed by atoms with E-state index in [0.717, 1.165) is 11.3 Å². The lowest BCUT2D eigenvalue weighted by atomic mass is 10.0. The van der Waals surface area contributed by atoms with Gasteiger partial charge in [-0.2, -0.15) is 10.2 Å². The lowest BCUT2D eigenvalue weighted by molar-refractivity contribution is -0.123. The Kier molecular flexibility index (Phi) is 6.96. The summed E-state index contributed by atoms with van der Waals surface area (Å²) in [5, 5.41) is 14.1. The number of H-pyrrole nitrogens is 1. The number of fused-ring (bicyclic) bond motifs is 1. The van der Waals surface area contributed by atoms with Crippen LogP contribution in [0.3, 0.4) is 0 Å². The zero-order valence-corrected chi connectivity index (χ0v) is 19.2. The Morgan fingerprint density at radius 2 is 1.60 bits per heavy atom. The highest BCUT2D eigenvalue weighted by molar-refractivity contribution is 5.99. The summed E-state index contributed by atoms with van der Waals surface area (Å²) in [5.74, 6) is -1.08. The first-order chi connectivity index (χ1) is 16.9. The van der Waals surface area contributed by atoms with Crippen LogP contribution in [0.5, 0.6) is 0 Å². The molecule has 176 valence electrons. The van der Waals surface area contributed by atoms with Crippen LogP contribution in [0.15, 0.2) is 88.8 Å². The number of anilines is 1. The molecule has 1 unspecified atom stereocenters. The second-order valence-corrected chi connectivity index (χ2v) is 7.98. The maximum Gasteiger partial charge on any atom is 0.272 e. The number of nitrogens with zero attached hydrogens (tertiary/aromatic N) is 3. The third-order valence-corrected chi connectivity index (χ3v) is 5.37. The van der Waals surface area contributed by atoms with Gasteiger partial charge >= 0.3 is 0 Å². The molecule has 1 heterocycles. The molecule has 35 heavy (non-hydrogen) atoms. The smallest absolute Gasteiger partial charge is 0.272 e. The number of nitrogens with one attached hydrogen (secondary N) is 3. The topological polar surface area (TPSA) is 120 Å². The fraction of sp³-hybridized carbons (Fsp3) is 0.115. The maximum atomic E-state index is 13.2. The molecule has 0 aliphatic carbocycles. The Hall–Kier alpha value is -4.79. The van der Waals surface area contributed by atoms with E-state index in [9.17, 15) is 14.4 Å². The van der Waals surface area contributed by atoms with Gasteiger partial charge in [0.2, 0.25) is 0 Å². The van der Waals surface area contributed by atoms with Gasteiger partial charge in [-0.1, -0.05) is 48.5 Å². The first-order valence-electron chi connectivity index (χ1n) is 10.9. The zero-order valence-electron chi connectivity index (χ0n) is 19.2. The summed E-state index contributed by atoms with van der Waals surface area (Å²) in [6.45, 7) is 0. The number of carbonyl (C=O) groups is 2. The highest BCUT2D eigenvalue weighted by Crippen LogP contribution is 2.20. The molecule has 1 atom stereocenters. The molecule has 0 radical (unpaired) electrons. The van der Waals surface area contributed by atoms with Crippen LogP contribution in [0, 0.1) is 0 Å². The first kappa shape index (κ1) is 23.4. The molecule has 0 fully saturated rings. The van der Waals surface area contributed by atoms with E-state index in [1.54, 1.807) is 54.6 Å². The molecule has 9 heteroatoms. The third kappa shape index (κ3) is 5.41. The molecule has 4 aromatic rings. The predicted molar refractivity (Wildman–Crippen MR) is 136 cm³/mol. The molecule has 1 aromatic heterocycles. The monoisotopic (exact) mass is 468 g/mol. The number of carbonyl (C=O) groups excluding carboxylic acids is 2. The Labute approximate surface area is 201 Å². The predicted octanol–water partition coefficient (Wildman–Crippen LogP) is 2.61. The van der Waals surface area contributed by atoms with Gasteiger partial charge in [0.1, 0.15) is 5.69 Å². The van der Waals surface area contributed by atoms with Gasteiger partial charge in [-0.3, -0.25) is 14.4 Å². The van der Waals surface area contributed by atoms with Crippen molar-refractivity contribution in [1.82, 2.24) is 20.9 Å². The molecule has 0 bridgehead atoms.